The minimum absolute atomic E-state index is 0.352. The molecule has 1 N–H and O–H groups in total. The second-order valence-electron chi connectivity index (χ2n) is 7.56. The van der Waals surface area contributed by atoms with E-state index < -0.39 is 0 Å². The fourth-order valence-electron chi connectivity index (χ4n) is 4.60. The van der Waals surface area contributed by atoms with Gasteiger partial charge >= 0.3 is 0 Å². The molecule has 25 heavy (non-hydrogen) atoms. The summed E-state index contributed by atoms with van der Waals surface area (Å²) in [6.45, 7) is 2.22. The Morgan fingerprint density at radius 1 is 1.24 bits per heavy atom. The average Bonchev–Trinajstić information content (AvgIpc) is 3.20. The van der Waals surface area contributed by atoms with Gasteiger partial charge in [0.05, 0.1) is 11.5 Å². The molecule has 2 heterocycles. The highest BCUT2D eigenvalue weighted by atomic mass is 32.1. The van der Waals surface area contributed by atoms with Crippen LogP contribution >= 0.6 is 11.3 Å². The molecule has 2 aromatic rings. The molecule has 0 aliphatic heterocycles. The van der Waals surface area contributed by atoms with Crippen molar-refractivity contribution in [3.8, 4) is 0 Å². The number of anilines is 1. The van der Waals surface area contributed by atoms with Gasteiger partial charge in [0.15, 0.2) is 0 Å². The molecular formula is C20H29N3OS. The van der Waals surface area contributed by atoms with Gasteiger partial charge in [-0.2, -0.15) is 0 Å². The van der Waals surface area contributed by atoms with Crippen molar-refractivity contribution in [2.45, 2.75) is 82.8 Å². The quantitative estimate of drug-likeness (QED) is 0.762. The van der Waals surface area contributed by atoms with Crippen LogP contribution in [0.1, 0.15) is 74.6 Å². The predicted molar refractivity (Wildman–Crippen MR) is 105 cm³/mol. The average molecular weight is 360 g/mol. The maximum atomic E-state index is 5.67. The van der Waals surface area contributed by atoms with Gasteiger partial charge in [0.2, 0.25) is 0 Å². The van der Waals surface area contributed by atoms with Crippen molar-refractivity contribution in [1.29, 1.82) is 0 Å². The number of aromatic nitrogens is 2. The fraction of sp³-hybridized carbons (Fsp3) is 0.700. The Bertz CT molecular complexity index is 719. The van der Waals surface area contributed by atoms with Gasteiger partial charge in [-0.3, -0.25) is 0 Å². The molecule has 4 nitrogen and oxygen atoms in total. The summed E-state index contributed by atoms with van der Waals surface area (Å²) in [5, 5.41) is 5.07. The van der Waals surface area contributed by atoms with Crippen molar-refractivity contribution in [1.82, 2.24) is 9.97 Å². The number of nitrogens with zero attached hydrogens (tertiary/aromatic N) is 2. The summed E-state index contributed by atoms with van der Waals surface area (Å²) in [6.07, 6.45) is 13.3. The van der Waals surface area contributed by atoms with Gasteiger partial charge in [0, 0.05) is 18.0 Å². The van der Waals surface area contributed by atoms with Crippen molar-refractivity contribution in [3.63, 3.8) is 0 Å². The van der Waals surface area contributed by atoms with Crippen LogP contribution in [0.15, 0.2) is 6.33 Å². The zero-order valence-corrected chi connectivity index (χ0v) is 16.2. The highest BCUT2D eigenvalue weighted by molar-refractivity contribution is 7.19. The van der Waals surface area contributed by atoms with Crippen LogP contribution in [-0.4, -0.2) is 29.2 Å². The SMILES string of the molecule is CCC(CC1CCc2sc3ncnc(NC4CCCCC4)c3c21)OC. The highest BCUT2D eigenvalue weighted by Gasteiger charge is 2.31. The Balaban J connectivity index is 1.66. The van der Waals surface area contributed by atoms with Crippen LogP contribution in [0.3, 0.4) is 0 Å². The molecule has 2 unspecified atom stereocenters. The zero-order chi connectivity index (χ0) is 17.2. The summed E-state index contributed by atoms with van der Waals surface area (Å²) in [5.74, 6) is 1.67. The first-order valence-electron chi connectivity index (χ1n) is 9.85. The highest BCUT2D eigenvalue weighted by Crippen LogP contribution is 2.47. The van der Waals surface area contributed by atoms with Crippen LogP contribution in [0, 0.1) is 0 Å². The van der Waals surface area contributed by atoms with Gasteiger partial charge in [0.1, 0.15) is 17.0 Å². The van der Waals surface area contributed by atoms with E-state index in [1.807, 2.05) is 18.4 Å². The Hall–Kier alpha value is -1.20. The minimum atomic E-state index is 0.352. The van der Waals surface area contributed by atoms with Crippen molar-refractivity contribution in [2.24, 2.45) is 0 Å². The monoisotopic (exact) mass is 359 g/mol. The molecule has 1 saturated carbocycles. The first-order valence-corrected chi connectivity index (χ1v) is 10.7. The Morgan fingerprint density at radius 2 is 2.08 bits per heavy atom. The summed E-state index contributed by atoms with van der Waals surface area (Å²) >= 11 is 1.88. The third-order valence-corrected chi connectivity index (χ3v) is 7.19. The van der Waals surface area contributed by atoms with Gasteiger partial charge in [-0.1, -0.05) is 26.2 Å². The molecule has 2 atom stereocenters. The van der Waals surface area contributed by atoms with Gasteiger partial charge in [0.25, 0.3) is 0 Å². The second kappa shape index (κ2) is 7.58. The maximum absolute atomic E-state index is 5.67. The molecule has 136 valence electrons. The summed E-state index contributed by atoms with van der Waals surface area (Å²) in [5.41, 5.74) is 1.52. The fourth-order valence-corrected chi connectivity index (χ4v) is 5.84. The summed E-state index contributed by atoms with van der Waals surface area (Å²) in [4.78, 5) is 11.9. The van der Waals surface area contributed by atoms with Gasteiger partial charge in [-0.05, 0) is 50.0 Å². The second-order valence-corrected chi connectivity index (χ2v) is 8.64. The molecule has 0 amide bonds. The number of aryl methyl sites for hydroxylation is 1. The first kappa shape index (κ1) is 17.2. The van der Waals surface area contributed by atoms with E-state index in [0.717, 1.165) is 23.5 Å². The molecule has 2 aliphatic rings. The molecule has 0 spiro atoms. The number of thiophene rings is 1. The van der Waals surface area contributed by atoms with Crippen molar-refractivity contribution in [2.75, 3.05) is 12.4 Å². The number of nitrogens with one attached hydrogen (secondary N) is 1. The van der Waals surface area contributed by atoms with Crippen LogP contribution in [0.5, 0.6) is 0 Å². The number of hydrogen-bond donors (Lipinski definition) is 1. The summed E-state index contributed by atoms with van der Waals surface area (Å²) < 4.78 is 5.67. The lowest BCUT2D eigenvalue weighted by molar-refractivity contribution is 0.0858. The van der Waals surface area contributed by atoms with Crippen LogP contribution in [0.2, 0.25) is 0 Å². The predicted octanol–water partition coefficient (Wildman–Crippen LogP) is 5.28. The Labute approximate surface area is 154 Å². The van der Waals surface area contributed by atoms with Crippen molar-refractivity contribution < 1.29 is 4.74 Å². The standard InChI is InChI=1S/C20H29N3OS/c1-3-15(24-2)11-13-9-10-16-17(13)18-19(21-12-22-20(18)25-16)23-14-7-5-4-6-8-14/h12-15H,3-11H2,1-2H3,(H,21,22,23). The molecule has 2 aromatic heterocycles. The molecule has 0 radical (unpaired) electrons. The zero-order valence-electron chi connectivity index (χ0n) is 15.4. The number of rotatable bonds is 6. The van der Waals surface area contributed by atoms with Gasteiger partial charge in [-0.25, -0.2) is 9.97 Å². The molecule has 0 saturated heterocycles. The van der Waals surface area contributed by atoms with E-state index in [9.17, 15) is 0 Å². The number of hydrogen-bond acceptors (Lipinski definition) is 5. The summed E-state index contributed by atoms with van der Waals surface area (Å²) in [6, 6.07) is 0.574. The third kappa shape index (κ3) is 3.41. The lowest BCUT2D eigenvalue weighted by Crippen LogP contribution is -2.23. The number of methoxy groups -OCH3 is 1. The van der Waals surface area contributed by atoms with Crippen LogP contribution in [-0.2, 0) is 11.2 Å². The topological polar surface area (TPSA) is 47.0 Å². The largest absolute Gasteiger partial charge is 0.381 e. The van der Waals surface area contributed by atoms with Crippen molar-refractivity contribution >= 4 is 27.4 Å². The van der Waals surface area contributed by atoms with Crippen molar-refractivity contribution in [3.05, 3.63) is 16.8 Å². The lowest BCUT2D eigenvalue weighted by Gasteiger charge is -2.24. The maximum Gasteiger partial charge on any atom is 0.138 e. The smallest absolute Gasteiger partial charge is 0.138 e. The van der Waals surface area contributed by atoms with Crippen LogP contribution < -0.4 is 5.32 Å². The van der Waals surface area contributed by atoms with E-state index in [1.165, 1.54) is 60.8 Å². The molecular weight excluding hydrogens is 330 g/mol. The lowest BCUT2D eigenvalue weighted by atomic mass is 9.93. The normalized spacial score (nSPS) is 22.2. The van der Waals surface area contributed by atoms with E-state index in [-0.39, 0.29) is 0 Å². The minimum Gasteiger partial charge on any atom is -0.381 e. The van der Waals surface area contributed by atoms with Gasteiger partial charge < -0.3 is 10.1 Å². The molecule has 4 rings (SSSR count). The van der Waals surface area contributed by atoms with E-state index >= 15 is 0 Å². The van der Waals surface area contributed by atoms with E-state index in [2.05, 4.69) is 22.2 Å². The van der Waals surface area contributed by atoms with E-state index in [1.54, 1.807) is 6.33 Å². The van der Waals surface area contributed by atoms with Crippen LogP contribution in [0.25, 0.3) is 10.2 Å². The third-order valence-electron chi connectivity index (χ3n) is 6.01. The molecule has 1 fully saturated rings. The van der Waals surface area contributed by atoms with E-state index in [4.69, 9.17) is 4.74 Å². The molecule has 0 bridgehead atoms. The summed E-state index contributed by atoms with van der Waals surface area (Å²) in [7, 11) is 1.84. The molecule has 5 heteroatoms. The number of fused-ring (bicyclic) bond motifs is 3. The Kier molecular flexibility index (Phi) is 5.23. The van der Waals surface area contributed by atoms with E-state index in [0.29, 0.717) is 18.1 Å². The van der Waals surface area contributed by atoms with Crippen LogP contribution in [0.4, 0.5) is 5.82 Å². The Morgan fingerprint density at radius 3 is 2.84 bits per heavy atom. The molecule has 0 aromatic carbocycles. The van der Waals surface area contributed by atoms with Gasteiger partial charge in [-0.15, -0.1) is 11.3 Å². The first-order chi connectivity index (χ1) is 12.3. The number of ether oxygens (including phenoxy) is 1. The molecule has 2 aliphatic carbocycles.